The maximum atomic E-state index is 12.9. The smallest absolute Gasteiger partial charge is 0.242 e. The highest BCUT2D eigenvalue weighted by Crippen LogP contribution is 2.74. The van der Waals surface area contributed by atoms with Gasteiger partial charge in [0, 0.05) is 12.8 Å². The molecule has 2 aromatic rings. The van der Waals surface area contributed by atoms with Gasteiger partial charge in [0.2, 0.25) is 11.8 Å². The highest BCUT2D eigenvalue weighted by atomic mass is 31.1. The zero-order chi connectivity index (χ0) is 18.4. The van der Waals surface area contributed by atoms with Crippen LogP contribution in [0, 0.1) is 0 Å². The Hall–Kier alpha value is -2.07. The first-order valence-corrected chi connectivity index (χ1v) is 11.3. The van der Waals surface area contributed by atoms with Crippen LogP contribution in [-0.2, 0) is 9.59 Å². The highest BCUT2D eigenvalue weighted by molar-refractivity contribution is 7.59. The molecule has 1 aliphatic carbocycles. The first-order valence-electron chi connectivity index (χ1n) is 9.74. The second-order valence-corrected chi connectivity index (χ2v) is 10.1. The Morgan fingerprint density at radius 2 is 1.33 bits per heavy atom. The van der Waals surface area contributed by atoms with Gasteiger partial charge in [-0.05, 0) is 50.7 Å². The Morgan fingerprint density at radius 3 is 1.78 bits per heavy atom. The number of hydrogen-bond acceptors (Lipinski definition) is 4. The first-order chi connectivity index (χ1) is 13.3. The molecule has 4 heterocycles. The molecular weight excluding hydrogens is 363 g/mol. The van der Waals surface area contributed by atoms with Crippen LogP contribution in [0.4, 0.5) is 0 Å². The van der Waals surface area contributed by atoms with Gasteiger partial charge in [0.25, 0.3) is 0 Å². The van der Waals surface area contributed by atoms with Crippen molar-refractivity contribution in [1.82, 2.24) is 10.0 Å². The first kappa shape index (κ1) is 17.1. The summed E-state index contributed by atoms with van der Waals surface area (Å²) in [7, 11) is -0.772. The molecule has 2 aliphatic heterocycles. The summed E-state index contributed by atoms with van der Waals surface area (Å²) >= 11 is 0. The van der Waals surface area contributed by atoms with Gasteiger partial charge in [0.15, 0.2) is 0 Å². The second-order valence-electron chi connectivity index (χ2n) is 7.49. The minimum atomic E-state index is -0.772. The van der Waals surface area contributed by atoms with Gasteiger partial charge in [-0.2, -0.15) is 0 Å². The summed E-state index contributed by atoms with van der Waals surface area (Å²) in [6, 6.07) is 7.62. The van der Waals surface area contributed by atoms with Crippen LogP contribution in [0.25, 0.3) is 0 Å². The van der Waals surface area contributed by atoms with Gasteiger partial charge in [0.05, 0.1) is 12.5 Å². The van der Waals surface area contributed by atoms with E-state index in [1.54, 1.807) is 22.5 Å². The van der Waals surface area contributed by atoms with E-state index in [1.165, 1.54) is 19.3 Å². The Labute approximate surface area is 159 Å². The van der Waals surface area contributed by atoms with Crippen molar-refractivity contribution in [3.63, 3.8) is 0 Å². The van der Waals surface area contributed by atoms with Crippen molar-refractivity contribution in [3.8, 4) is 0 Å². The summed E-state index contributed by atoms with van der Waals surface area (Å²) < 4.78 is 11.6. The van der Waals surface area contributed by atoms with Crippen molar-refractivity contribution in [2.75, 3.05) is 0 Å². The van der Waals surface area contributed by atoms with Gasteiger partial charge in [-0.25, -0.2) is 10.0 Å². The minimum Gasteiger partial charge on any atom is -0.467 e. The minimum absolute atomic E-state index is 0.00775. The van der Waals surface area contributed by atoms with Gasteiger partial charge < -0.3 is 8.83 Å². The van der Waals surface area contributed by atoms with E-state index in [4.69, 9.17) is 8.83 Å². The van der Waals surface area contributed by atoms with Crippen molar-refractivity contribution in [3.05, 3.63) is 48.3 Å². The van der Waals surface area contributed by atoms with E-state index in [0.717, 1.165) is 24.4 Å². The molecule has 2 aromatic heterocycles. The highest BCUT2D eigenvalue weighted by Gasteiger charge is 2.58. The number of hydrazine groups is 1. The molecule has 0 radical (unpaired) electrons. The van der Waals surface area contributed by atoms with Crippen LogP contribution < -0.4 is 0 Å². The van der Waals surface area contributed by atoms with Gasteiger partial charge in [-0.15, -0.1) is 0 Å². The number of nitrogens with zero attached hydrogens (tertiary/aromatic N) is 2. The SMILES string of the molecule is O=C1CCC(=O)N2[C@H](c3ccco3)P(C3CCCCC3)[C@@H](c3ccco3)N12. The lowest BCUT2D eigenvalue weighted by molar-refractivity contribution is -0.172. The molecule has 0 bridgehead atoms. The topological polar surface area (TPSA) is 66.9 Å². The number of fused-ring (bicyclic) bond motifs is 1. The molecule has 0 aromatic carbocycles. The molecule has 3 aliphatic rings. The van der Waals surface area contributed by atoms with Gasteiger partial charge >= 0.3 is 0 Å². The molecule has 5 rings (SSSR count). The van der Waals surface area contributed by atoms with Crippen molar-refractivity contribution < 1.29 is 18.4 Å². The quantitative estimate of drug-likeness (QED) is 0.713. The average Bonchev–Trinajstić information content (AvgIpc) is 3.44. The Kier molecular flexibility index (Phi) is 4.31. The third-order valence-corrected chi connectivity index (χ3v) is 9.35. The van der Waals surface area contributed by atoms with Crippen molar-refractivity contribution in [2.45, 2.75) is 62.2 Å². The van der Waals surface area contributed by atoms with Crippen LogP contribution in [0.2, 0.25) is 0 Å². The number of furan rings is 2. The summed E-state index contributed by atoms with van der Waals surface area (Å²) in [5, 5.41) is 3.41. The van der Waals surface area contributed by atoms with Crippen molar-refractivity contribution in [2.24, 2.45) is 0 Å². The normalized spacial score (nSPS) is 27.4. The Bertz CT molecular complexity index is 753. The summed E-state index contributed by atoms with van der Waals surface area (Å²) in [6.45, 7) is 0. The summed E-state index contributed by atoms with van der Waals surface area (Å²) in [4.78, 5) is 25.9. The lowest BCUT2D eigenvalue weighted by atomic mass is 10.0. The maximum Gasteiger partial charge on any atom is 0.242 e. The van der Waals surface area contributed by atoms with Crippen molar-refractivity contribution in [1.29, 1.82) is 0 Å². The molecule has 0 spiro atoms. The monoisotopic (exact) mass is 386 g/mol. The summed E-state index contributed by atoms with van der Waals surface area (Å²) in [5.74, 6) is 1.21. The van der Waals surface area contributed by atoms with Crippen LogP contribution >= 0.6 is 7.92 Å². The lowest BCUT2D eigenvalue weighted by Gasteiger charge is -2.36. The molecule has 2 amide bonds. The molecule has 1 saturated carbocycles. The molecule has 7 heteroatoms. The number of hydrogen-bond donors (Lipinski definition) is 0. The van der Waals surface area contributed by atoms with Gasteiger partial charge in [-0.3, -0.25) is 9.59 Å². The molecule has 2 saturated heterocycles. The van der Waals surface area contributed by atoms with E-state index in [-0.39, 0.29) is 36.2 Å². The maximum absolute atomic E-state index is 12.9. The van der Waals surface area contributed by atoms with E-state index >= 15 is 0 Å². The fourth-order valence-electron chi connectivity index (χ4n) is 4.77. The van der Waals surface area contributed by atoms with Crippen molar-refractivity contribution >= 4 is 19.7 Å². The fraction of sp³-hybridized carbons (Fsp3) is 0.500. The average molecular weight is 386 g/mol. The summed E-state index contributed by atoms with van der Waals surface area (Å²) in [5.41, 5.74) is 0.491. The molecule has 0 unspecified atom stereocenters. The Balaban J connectivity index is 1.66. The van der Waals surface area contributed by atoms with E-state index < -0.39 is 7.92 Å². The second kappa shape index (κ2) is 6.83. The van der Waals surface area contributed by atoms with Gasteiger partial charge in [-0.1, -0.05) is 19.3 Å². The predicted octanol–water partition coefficient (Wildman–Crippen LogP) is 4.76. The van der Waals surface area contributed by atoms with Crippen LogP contribution in [0.15, 0.2) is 45.6 Å². The standard InChI is InChI=1S/C20H23N2O4P/c23-17-10-11-18(24)22-20(16-9-5-13-26-16)27(14-6-2-1-3-7-14)19(21(17)22)15-8-4-12-25-15/h4-5,8-9,12-14,19-20H,1-3,6-7,10-11H2/t19-,20-/m0/s1. The van der Waals surface area contributed by atoms with E-state index in [9.17, 15) is 9.59 Å². The van der Waals surface area contributed by atoms with Crippen LogP contribution in [0.5, 0.6) is 0 Å². The third kappa shape index (κ3) is 2.73. The van der Waals surface area contributed by atoms with Crippen LogP contribution in [0.1, 0.15) is 68.0 Å². The van der Waals surface area contributed by atoms with E-state index in [0.29, 0.717) is 5.66 Å². The predicted molar refractivity (Wildman–Crippen MR) is 99.6 cm³/mol. The Morgan fingerprint density at radius 1 is 0.815 bits per heavy atom. The molecule has 142 valence electrons. The number of rotatable bonds is 3. The molecule has 6 nitrogen and oxygen atoms in total. The molecular formula is C20H23N2O4P. The summed E-state index contributed by atoms with van der Waals surface area (Å²) in [6.07, 6.45) is 9.82. The van der Waals surface area contributed by atoms with Gasteiger partial charge in [0.1, 0.15) is 23.1 Å². The molecule has 3 fully saturated rings. The molecule has 2 atom stereocenters. The zero-order valence-corrected chi connectivity index (χ0v) is 16.0. The largest absolute Gasteiger partial charge is 0.467 e. The van der Waals surface area contributed by atoms with E-state index in [2.05, 4.69) is 0 Å². The molecule has 27 heavy (non-hydrogen) atoms. The zero-order valence-electron chi connectivity index (χ0n) is 15.1. The third-order valence-electron chi connectivity index (χ3n) is 5.92. The number of amides is 2. The van der Waals surface area contributed by atoms with Crippen LogP contribution in [-0.4, -0.2) is 27.5 Å². The number of carbonyl (C=O) groups excluding carboxylic acids is 2. The fourth-order valence-corrected chi connectivity index (χ4v) is 8.66. The van der Waals surface area contributed by atoms with E-state index in [1.807, 2.05) is 24.3 Å². The number of carbonyl (C=O) groups is 2. The van der Waals surface area contributed by atoms with Crippen LogP contribution in [0.3, 0.4) is 0 Å². The molecule has 0 N–H and O–H groups in total. The lowest BCUT2D eigenvalue weighted by Crippen LogP contribution is -2.50.